The highest BCUT2D eigenvalue weighted by Gasteiger charge is 2.20. The van der Waals surface area contributed by atoms with Crippen LogP contribution in [-0.2, 0) is 13.0 Å². The van der Waals surface area contributed by atoms with Crippen molar-refractivity contribution in [1.29, 1.82) is 0 Å². The largest absolute Gasteiger partial charge is 0.493 e. The summed E-state index contributed by atoms with van der Waals surface area (Å²) in [5, 5.41) is 4.58. The molecule has 0 saturated carbocycles. The average molecular weight is 407 g/mol. The number of pyridine rings is 2. The van der Waals surface area contributed by atoms with Gasteiger partial charge in [-0.05, 0) is 25.1 Å². The highest BCUT2D eigenvalue weighted by molar-refractivity contribution is 6.17. The number of fused-ring (bicyclic) bond motifs is 2. The van der Waals surface area contributed by atoms with E-state index in [2.05, 4.69) is 20.3 Å². The average Bonchev–Trinajstić information content (AvgIpc) is 3.20. The van der Waals surface area contributed by atoms with E-state index < -0.39 is 0 Å². The molecule has 0 radical (unpaired) electrons. The lowest BCUT2D eigenvalue weighted by molar-refractivity contribution is 0.356. The first-order valence-corrected chi connectivity index (χ1v) is 9.57. The molecule has 3 heterocycles. The van der Waals surface area contributed by atoms with Crippen molar-refractivity contribution in [1.82, 2.24) is 9.97 Å². The summed E-state index contributed by atoms with van der Waals surface area (Å²) in [5.74, 6) is 0.966. The number of ether oxygens (including phenoxy) is 1. The van der Waals surface area contributed by atoms with Gasteiger partial charge in [-0.3, -0.25) is 9.79 Å². The molecule has 30 heavy (non-hydrogen) atoms. The molecule has 8 heteroatoms. The van der Waals surface area contributed by atoms with Gasteiger partial charge in [-0.25, -0.2) is 9.37 Å². The van der Waals surface area contributed by atoms with E-state index in [1.54, 1.807) is 38.5 Å². The van der Waals surface area contributed by atoms with Crippen LogP contribution < -0.4 is 21.3 Å². The predicted molar refractivity (Wildman–Crippen MR) is 116 cm³/mol. The molecule has 0 spiro atoms. The van der Waals surface area contributed by atoms with E-state index in [9.17, 15) is 9.18 Å². The van der Waals surface area contributed by atoms with Crippen molar-refractivity contribution in [3.8, 4) is 5.75 Å². The maximum atomic E-state index is 14.5. The minimum atomic E-state index is -0.287. The molecule has 4 N–H and O–H groups in total. The Kier molecular flexibility index (Phi) is 5.22. The van der Waals surface area contributed by atoms with Crippen molar-refractivity contribution in [2.45, 2.75) is 19.9 Å². The topological polar surface area (TPSA) is 105 Å². The van der Waals surface area contributed by atoms with Crippen LogP contribution >= 0.6 is 0 Å². The standard InChI is InChI=1S/C22H22FN5O2/c1-12(24)7-19(25-2)16-10-28-22(17-11-26-21(29)8-14(16)17)27-9-15-13-5-6-30-20(13)4-3-18(15)23/h3-4,7-8,10-11H,5-6,9,24H2,1-2H3,(H,26,29)(H,27,28). The van der Waals surface area contributed by atoms with E-state index in [1.165, 1.54) is 12.1 Å². The zero-order valence-electron chi connectivity index (χ0n) is 16.8. The molecule has 4 rings (SSSR count). The van der Waals surface area contributed by atoms with Gasteiger partial charge in [0, 0.05) is 71.6 Å². The van der Waals surface area contributed by atoms with Crippen LogP contribution in [-0.4, -0.2) is 29.3 Å². The van der Waals surface area contributed by atoms with Crippen molar-refractivity contribution in [2.75, 3.05) is 19.0 Å². The Morgan fingerprint density at radius 1 is 1.43 bits per heavy atom. The fourth-order valence-electron chi connectivity index (χ4n) is 3.66. The van der Waals surface area contributed by atoms with Gasteiger partial charge in [0.1, 0.15) is 17.4 Å². The number of rotatable bonds is 5. The van der Waals surface area contributed by atoms with Gasteiger partial charge in [0.25, 0.3) is 0 Å². The van der Waals surface area contributed by atoms with Crippen LogP contribution in [0, 0.1) is 5.82 Å². The summed E-state index contributed by atoms with van der Waals surface area (Å²) in [6, 6.07) is 4.57. The van der Waals surface area contributed by atoms with Crippen molar-refractivity contribution in [3.63, 3.8) is 0 Å². The Labute approximate surface area is 172 Å². The van der Waals surface area contributed by atoms with Crippen LogP contribution in [0.25, 0.3) is 10.8 Å². The summed E-state index contributed by atoms with van der Waals surface area (Å²) in [5.41, 5.74) is 8.91. The fraction of sp³-hybridized carbons (Fsp3) is 0.227. The van der Waals surface area contributed by atoms with Crippen molar-refractivity contribution < 1.29 is 9.13 Å². The third-order valence-corrected chi connectivity index (χ3v) is 5.05. The number of H-pyrrole nitrogens is 1. The number of halogens is 1. The van der Waals surface area contributed by atoms with Gasteiger partial charge >= 0.3 is 0 Å². The predicted octanol–water partition coefficient (Wildman–Crippen LogP) is 2.89. The van der Waals surface area contributed by atoms with Gasteiger partial charge in [0.2, 0.25) is 5.56 Å². The number of aromatic amines is 1. The van der Waals surface area contributed by atoms with Crippen molar-refractivity contribution >= 4 is 22.3 Å². The number of aromatic nitrogens is 2. The molecule has 3 aromatic rings. The first-order valence-electron chi connectivity index (χ1n) is 9.57. The monoisotopic (exact) mass is 407 g/mol. The van der Waals surface area contributed by atoms with Crippen LogP contribution in [0.4, 0.5) is 10.2 Å². The lowest BCUT2D eigenvalue weighted by atomic mass is 10.0. The van der Waals surface area contributed by atoms with Gasteiger partial charge < -0.3 is 20.8 Å². The zero-order chi connectivity index (χ0) is 21.3. The normalized spacial score (nSPS) is 14.0. The number of anilines is 1. The minimum absolute atomic E-state index is 0.242. The number of allylic oxidation sites excluding steroid dienone is 2. The lowest BCUT2D eigenvalue weighted by Crippen LogP contribution is -2.11. The van der Waals surface area contributed by atoms with Crippen LogP contribution in [0.1, 0.15) is 23.6 Å². The van der Waals surface area contributed by atoms with Gasteiger partial charge in [-0.15, -0.1) is 0 Å². The number of benzene rings is 1. The van der Waals surface area contributed by atoms with E-state index in [0.717, 1.165) is 11.3 Å². The molecule has 0 fully saturated rings. The molecule has 1 aliphatic heterocycles. The molecule has 0 atom stereocenters. The van der Waals surface area contributed by atoms with Gasteiger partial charge in [0.05, 0.1) is 12.3 Å². The number of hydrogen-bond acceptors (Lipinski definition) is 6. The van der Waals surface area contributed by atoms with E-state index in [-0.39, 0.29) is 17.9 Å². The Morgan fingerprint density at radius 2 is 2.27 bits per heavy atom. The molecule has 7 nitrogen and oxygen atoms in total. The van der Waals surface area contributed by atoms with Crippen LogP contribution in [0.5, 0.6) is 5.75 Å². The number of nitrogens with two attached hydrogens (primary N) is 1. The van der Waals surface area contributed by atoms with Crippen LogP contribution in [0.2, 0.25) is 0 Å². The zero-order valence-corrected chi connectivity index (χ0v) is 16.8. The van der Waals surface area contributed by atoms with Crippen LogP contribution in [0.3, 0.4) is 0 Å². The Hall–Kier alpha value is -3.68. The third-order valence-electron chi connectivity index (χ3n) is 5.05. The molecule has 1 aliphatic rings. The minimum Gasteiger partial charge on any atom is -0.493 e. The fourth-order valence-corrected chi connectivity index (χ4v) is 3.66. The second-order valence-corrected chi connectivity index (χ2v) is 7.10. The van der Waals surface area contributed by atoms with Crippen molar-refractivity contribution in [3.05, 3.63) is 75.2 Å². The highest BCUT2D eigenvalue weighted by atomic mass is 19.1. The molecule has 154 valence electrons. The Bertz CT molecular complexity index is 1240. The second-order valence-electron chi connectivity index (χ2n) is 7.10. The maximum absolute atomic E-state index is 14.5. The molecule has 0 bridgehead atoms. The van der Waals surface area contributed by atoms with Gasteiger partial charge in [-0.2, -0.15) is 0 Å². The van der Waals surface area contributed by atoms with E-state index >= 15 is 0 Å². The number of nitrogens with one attached hydrogen (secondary N) is 2. The molecule has 2 aromatic heterocycles. The Balaban J connectivity index is 1.75. The quantitative estimate of drug-likeness (QED) is 0.564. The molecule has 0 aliphatic carbocycles. The second kappa shape index (κ2) is 7.98. The number of hydrogen-bond donors (Lipinski definition) is 3. The van der Waals surface area contributed by atoms with Crippen LogP contribution in [0.15, 0.2) is 52.2 Å². The lowest BCUT2D eigenvalue weighted by Gasteiger charge is -2.14. The molecular weight excluding hydrogens is 385 g/mol. The van der Waals surface area contributed by atoms with E-state index in [1.807, 2.05) is 0 Å². The smallest absolute Gasteiger partial charge is 0.248 e. The van der Waals surface area contributed by atoms with Gasteiger partial charge in [0.15, 0.2) is 0 Å². The highest BCUT2D eigenvalue weighted by Crippen LogP contribution is 2.31. The van der Waals surface area contributed by atoms with E-state index in [0.29, 0.717) is 52.2 Å². The summed E-state index contributed by atoms with van der Waals surface area (Å²) < 4.78 is 20.0. The van der Waals surface area contributed by atoms with Gasteiger partial charge in [-0.1, -0.05) is 0 Å². The molecule has 0 amide bonds. The molecule has 1 aromatic carbocycles. The number of aliphatic imine (C=N–C) groups is 1. The maximum Gasteiger partial charge on any atom is 0.248 e. The van der Waals surface area contributed by atoms with Crippen molar-refractivity contribution in [2.24, 2.45) is 10.7 Å². The summed E-state index contributed by atoms with van der Waals surface area (Å²) in [4.78, 5) is 23.5. The molecule has 0 saturated heterocycles. The Morgan fingerprint density at radius 3 is 3.03 bits per heavy atom. The number of nitrogens with zero attached hydrogens (tertiary/aromatic N) is 2. The SMILES string of the molecule is CN=C(C=C(C)N)c1cnc(NCc2c(F)ccc3c2CCO3)c2c[nH]c(=O)cc12. The summed E-state index contributed by atoms with van der Waals surface area (Å²) >= 11 is 0. The molecular formula is C22H22FN5O2. The summed E-state index contributed by atoms with van der Waals surface area (Å²) in [6.07, 6.45) is 5.64. The first-order chi connectivity index (χ1) is 14.5. The van der Waals surface area contributed by atoms with E-state index in [4.69, 9.17) is 10.5 Å². The summed E-state index contributed by atoms with van der Waals surface area (Å²) in [7, 11) is 1.65. The third kappa shape index (κ3) is 3.63. The summed E-state index contributed by atoms with van der Waals surface area (Å²) in [6.45, 7) is 2.56. The first kappa shape index (κ1) is 19.6. The molecule has 0 unspecified atom stereocenters.